The van der Waals surface area contributed by atoms with Gasteiger partial charge < -0.3 is 10.3 Å². The second-order valence-electron chi connectivity index (χ2n) is 5.96. The number of H-pyrrole nitrogens is 1. The van der Waals surface area contributed by atoms with E-state index in [1.165, 1.54) is 4.88 Å². The molecule has 0 saturated heterocycles. The predicted molar refractivity (Wildman–Crippen MR) is 84.0 cm³/mol. The first-order valence-electron chi connectivity index (χ1n) is 7.32. The highest BCUT2D eigenvalue weighted by molar-refractivity contribution is 7.18. The van der Waals surface area contributed by atoms with Gasteiger partial charge in [-0.2, -0.15) is 0 Å². The van der Waals surface area contributed by atoms with Crippen molar-refractivity contribution in [3.05, 3.63) is 26.6 Å². The van der Waals surface area contributed by atoms with E-state index in [1.54, 1.807) is 11.3 Å². The van der Waals surface area contributed by atoms with Crippen LogP contribution in [0, 0.1) is 5.92 Å². The number of hydrogen-bond donors (Lipinski definition) is 2. The van der Waals surface area contributed by atoms with E-state index in [2.05, 4.69) is 15.3 Å². The number of thiophene rings is 1. The van der Waals surface area contributed by atoms with Gasteiger partial charge in [-0.05, 0) is 37.7 Å². The third-order valence-electron chi connectivity index (χ3n) is 4.15. The zero-order valence-corrected chi connectivity index (χ0v) is 13.3. The minimum absolute atomic E-state index is 0.0341. The summed E-state index contributed by atoms with van der Waals surface area (Å²) in [4.78, 5) is 33.4. The van der Waals surface area contributed by atoms with Crippen molar-refractivity contribution in [3.8, 4) is 0 Å². The number of carbonyl (C=O) groups is 1. The highest BCUT2D eigenvalue weighted by Crippen LogP contribution is 2.34. The molecule has 0 aliphatic heterocycles. The molecule has 1 atom stereocenters. The van der Waals surface area contributed by atoms with Gasteiger partial charge in [0.25, 0.3) is 11.5 Å². The Hall–Kier alpha value is -1.69. The van der Waals surface area contributed by atoms with Crippen LogP contribution in [0.3, 0.4) is 0 Å². The number of amides is 1. The number of aromatic nitrogens is 2. The van der Waals surface area contributed by atoms with Crippen molar-refractivity contribution in [2.24, 2.45) is 5.92 Å². The summed E-state index contributed by atoms with van der Waals surface area (Å²) >= 11 is 1.55. The predicted octanol–water partition coefficient (Wildman–Crippen LogP) is 2.25. The quantitative estimate of drug-likeness (QED) is 0.913. The molecule has 2 aromatic heterocycles. The van der Waals surface area contributed by atoms with Crippen molar-refractivity contribution >= 4 is 27.5 Å². The minimum Gasteiger partial charge on any atom is -0.347 e. The van der Waals surface area contributed by atoms with Gasteiger partial charge in [0.15, 0.2) is 0 Å². The van der Waals surface area contributed by atoms with Crippen molar-refractivity contribution < 1.29 is 4.79 Å². The van der Waals surface area contributed by atoms with Crippen LogP contribution in [0.15, 0.2) is 4.79 Å². The van der Waals surface area contributed by atoms with E-state index in [4.69, 9.17) is 0 Å². The topological polar surface area (TPSA) is 74.8 Å². The summed E-state index contributed by atoms with van der Waals surface area (Å²) in [6.07, 6.45) is 3.06. The number of aromatic amines is 1. The van der Waals surface area contributed by atoms with Crippen LogP contribution in [0.2, 0.25) is 0 Å². The van der Waals surface area contributed by atoms with Gasteiger partial charge in [0.05, 0.1) is 5.39 Å². The van der Waals surface area contributed by atoms with E-state index in [-0.39, 0.29) is 23.3 Å². The molecule has 3 rings (SSSR count). The third kappa shape index (κ3) is 2.48. The number of rotatable bonds is 3. The molecule has 0 aromatic carbocycles. The fourth-order valence-corrected chi connectivity index (χ4v) is 3.81. The lowest BCUT2D eigenvalue weighted by Crippen LogP contribution is -2.37. The lowest BCUT2D eigenvalue weighted by molar-refractivity contribution is 0.0920. The van der Waals surface area contributed by atoms with Gasteiger partial charge in [0, 0.05) is 10.9 Å². The average molecular weight is 305 g/mol. The van der Waals surface area contributed by atoms with Crippen LogP contribution in [0.4, 0.5) is 0 Å². The molecule has 0 saturated carbocycles. The fraction of sp³-hybridized carbons (Fsp3) is 0.533. The Morgan fingerprint density at radius 1 is 1.33 bits per heavy atom. The first kappa shape index (κ1) is 14.3. The lowest BCUT2D eigenvalue weighted by Gasteiger charge is -2.16. The van der Waals surface area contributed by atoms with Crippen molar-refractivity contribution in [1.82, 2.24) is 15.3 Å². The molecule has 1 aliphatic carbocycles. The number of carbonyl (C=O) groups excluding carboxylic acids is 1. The van der Waals surface area contributed by atoms with Crippen LogP contribution in [0.5, 0.6) is 0 Å². The van der Waals surface area contributed by atoms with Crippen molar-refractivity contribution in [1.29, 1.82) is 0 Å². The summed E-state index contributed by atoms with van der Waals surface area (Å²) in [5.41, 5.74) is 0.938. The maximum absolute atomic E-state index is 12.3. The number of hydrogen-bond acceptors (Lipinski definition) is 4. The molecule has 21 heavy (non-hydrogen) atoms. The van der Waals surface area contributed by atoms with Crippen LogP contribution < -0.4 is 10.9 Å². The third-order valence-corrected chi connectivity index (χ3v) is 5.33. The Kier molecular flexibility index (Phi) is 3.57. The molecule has 1 amide bonds. The van der Waals surface area contributed by atoms with Crippen molar-refractivity contribution in [2.75, 3.05) is 0 Å². The molecule has 5 nitrogen and oxygen atoms in total. The van der Waals surface area contributed by atoms with Gasteiger partial charge in [-0.1, -0.05) is 13.8 Å². The highest BCUT2D eigenvalue weighted by atomic mass is 32.1. The summed E-state index contributed by atoms with van der Waals surface area (Å²) in [6.45, 7) is 6.02. The van der Waals surface area contributed by atoms with E-state index in [0.717, 1.165) is 24.8 Å². The summed E-state index contributed by atoms with van der Waals surface area (Å²) in [7, 11) is 0. The Morgan fingerprint density at radius 2 is 2.10 bits per heavy atom. The van der Waals surface area contributed by atoms with Crippen molar-refractivity contribution in [3.63, 3.8) is 0 Å². The second kappa shape index (κ2) is 5.26. The number of nitrogens with one attached hydrogen (secondary N) is 2. The molecule has 0 bridgehead atoms. The second-order valence-corrected chi connectivity index (χ2v) is 7.04. The van der Waals surface area contributed by atoms with Crippen LogP contribution in [0.1, 0.15) is 48.3 Å². The molecular weight excluding hydrogens is 286 g/mol. The average Bonchev–Trinajstić information content (AvgIpc) is 2.97. The summed E-state index contributed by atoms with van der Waals surface area (Å²) < 4.78 is 0. The molecule has 2 aromatic rings. The Balaban J connectivity index is 1.98. The van der Waals surface area contributed by atoms with Gasteiger partial charge in [-0.25, -0.2) is 4.98 Å². The van der Waals surface area contributed by atoms with E-state index in [1.807, 2.05) is 20.8 Å². The van der Waals surface area contributed by atoms with E-state index in [0.29, 0.717) is 16.1 Å². The van der Waals surface area contributed by atoms with Crippen LogP contribution in [-0.4, -0.2) is 21.9 Å². The van der Waals surface area contributed by atoms with Crippen LogP contribution in [-0.2, 0) is 12.8 Å². The molecule has 6 heteroatoms. The van der Waals surface area contributed by atoms with Gasteiger partial charge in [0.1, 0.15) is 4.83 Å². The molecular formula is C15H19N3O2S. The summed E-state index contributed by atoms with van der Waals surface area (Å²) in [5.74, 6) is 0.124. The monoisotopic (exact) mass is 305 g/mol. The molecule has 2 N–H and O–H groups in total. The van der Waals surface area contributed by atoms with E-state index in [9.17, 15) is 9.59 Å². The smallest absolute Gasteiger partial charge is 0.287 e. The maximum Gasteiger partial charge on any atom is 0.287 e. The van der Waals surface area contributed by atoms with Crippen LogP contribution in [0.25, 0.3) is 10.2 Å². The van der Waals surface area contributed by atoms with Crippen LogP contribution >= 0.6 is 11.3 Å². The number of nitrogens with zero attached hydrogens (tertiary/aromatic N) is 1. The Labute approximate surface area is 126 Å². The van der Waals surface area contributed by atoms with E-state index >= 15 is 0 Å². The van der Waals surface area contributed by atoms with Gasteiger partial charge in [-0.15, -0.1) is 11.3 Å². The molecule has 1 aliphatic rings. The van der Waals surface area contributed by atoms with Crippen molar-refractivity contribution in [2.45, 2.75) is 46.1 Å². The molecule has 0 unspecified atom stereocenters. The summed E-state index contributed by atoms with van der Waals surface area (Å²) in [5, 5.41) is 3.55. The normalized spacial score (nSPS) is 15.4. The maximum atomic E-state index is 12.3. The molecule has 0 radical (unpaired) electrons. The SMILES string of the molecule is CC(C)[C@H](C)NC(=O)c1nc2sc3c(c2c(=O)[nH]1)CCC3. The van der Waals surface area contributed by atoms with Gasteiger partial charge >= 0.3 is 0 Å². The number of aryl methyl sites for hydroxylation is 2. The minimum atomic E-state index is -0.316. The van der Waals surface area contributed by atoms with Gasteiger partial charge in [0.2, 0.25) is 5.82 Å². The molecule has 112 valence electrons. The zero-order chi connectivity index (χ0) is 15.1. The Bertz CT molecular complexity index is 760. The summed E-state index contributed by atoms with van der Waals surface area (Å²) in [6, 6.07) is 0.0341. The molecule has 0 spiro atoms. The fourth-order valence-electron chi connectivity index (χ4n) is 2.55. The highest BCUT2D eigenvalue weighted by Gasteiger charge is 2.23. The first-order valence-corrected chi connectivity index (χ1v) is 8.14. The molecule has 0 fully saturated rings. The van der Waals surface area contributed by atoms with E-state index < -0.39 is 0 Å². The number of fused-ring (bicyclic) bond motifs is 3. The first-order chi connectivity index (χ1) is 9.97. The largest absolute Gasteiger partial charge is 0.347 e. The Morgan fingerprint density at radius 3 is 2.81 bits per heavy atom. The van der Waals surface area contributed by atoms with Gasteiger partial charge in [-0.3, -0.25) is 9.59 Å². The zero-order valence-electron chi connectivity index (χ0n) is 12.4. The lowest BCUT2D eigenvalue weighted by atomic mass is 10.1. The standard InChI is InChI=1S/C15H19N3O2S/c1-7(2)8(3)16-14(20)12-17-13(19)11-9-5-4-6-10(9)21-15(11)18-12/h7-8H,4-6H2,1-3H3,(H,16,20)(H,17,18,19)/t8-/m0/s1. The molecule has 2 heterocycles.